The standard InChI is InChI=1S/C43H29N3O.C43H29N3S.C40H31N3/c2*1-43(2)32-17-9-6-14-29(32)41-39(43)40(26-12-4-3-5-13-26)44-42(45-41)27-20-22-28(23-21-27)46-33-18-10-7-15-30(33)37-34(46)24-25-36-38(37)31-16-8-11-19-35(31)47-36;1-39(2)28-19-11-8-16-25(28)33-30(39)22-23-32-34(33)27-18-10-13-21-31(27)43(32)38-41-36(24-14-6-5-7-15-24)35-37(42-38)26-17-9-12-20-29(26)40(35,3)4/h2*3-25H,1-2H3;5-23H,1-4H3. The summed E-state index contributed by atoms with van der Waals surface area (Å²) in [6, 6.07) is 141. The predicted octanol–water partition coefficient (Wildman–Crippen LogP) is 32.5. The van der Waals surface area contributed by atoms with E-state index in [2.05, 4.69) is 451 Å². The van der Waals surface area contributed by atoms with Gasteiger partial charge in [0.1, 0.15) is 11.2 Å². The summed E-state index contributed by atoms with van der Waals surface area (Å²) in [6.45, 7) is 18.4. The molecular formula is C126H89N9OS. The second kappa shape index (κ2) is 30.0. The van der Waals surface area contributed by atoms with Crippen LogP contribution in [0.2, 0.25) is 0 Å². The van der Waals surface area contributed by atoms with Gasteiger partial charge in [-0.25, -0.2) is 29.9 Å². The van der Waals surface area contributed by atoms with Gasteiger partial charge in [0.2, 0.25) is 5.95 Å². The lowest BCUT2D eigenvalue weighted by atomic mass is 9.81. The number of para-hydroxylation sites is 4. The van der Waals surface area contributed by atoms with Crippen molar-refractivity contribution in [2.45, 2.75) is 77.0 Å². The SMILES string of the molecule is CC1(C)c2ccccc2-c2c1ccc1c2c2ccccc2n1-c1nc(-c2ccccc2)c2c(n1)-c1ccccc1C2(C)C.CC1(C)c2ccccc2-c2nc(-c3ccc(-n4c5ccccc5c5c6c(ccc54)oc4ccccc46)cc3)nc(-c3ccccc3)c21.CC1(C)c2ccccc2-c2nc(-c3ccc(-n4c5ccccc5c5c6c(ccc54)sc4ccccc46)cc3)nc(-c3ccccc3)c21. The molecule has 0 saturated carbocycles. The highest BCUT2D eigenvalue weighted by Gasteiger charge is 2.45. The van der Waals surface area contributed by atoms with E-state index in [1.54, 1.807) is 0 Å². The van der Waals surface area contributed by atoms with Gasteiger partial charge in [0.25, 0.3) is 0 Å². The lowest BCUT2D eigenvalue weighted by Gasteiger charge is -2.24. The lowest BCUT2D eigenvalue weighted by molar-refractivity contribution is 0.656. The molecule has 29 rings (SSSR count). The first-order valence-electron chi connectivity index (χ1n) is 47.3. The van der Waals surface area contributed by atoms with Crippen LogP contribution in [0.5, 0.6) is 0 Å². The molecule has 0 radical (unpaired) electrons. The molecule has 0 N–H and O–H groups in total. The number of hydrogen-bond donors (Lipinski definition) is 0. The summed E-state index contributed by atoms with van der Waals surface area (Å²) in [7, 11) is 0. The Hall–Kier alpha value is -16.6. The van der Waals surface area contributed by atoms with E-state index in [0.717, 1.165) is 129 Å². The minimum absolute atomic E-state index is 0.0663. The molecule has 17 aromatic carbocycles. The first-order chi connectivity index (χ1) is 67.0. The summed E-state index contributed by atoms with van der Waals surface area (Å²) in [6.07, 6.45) is 0. The smallest absolute Gasteiger partial charge is 0.235 e. The summed E-state index contributed by atoms with van der Waals surface area (Å²) < 4.78 is 16.0. The Morgan fingerprint density at radius 3 is 1.08 bits per heavy atom. The molecule has 25 aromatic rings. The number of thiophene rings is 1. The van der Waals surface area contributed by atoms with E-state index >= 15 is 0 Å². The van der Waals surface area contributed by atoms with Crippen LogP contribution in [0.4, 0.5) is 0 Å². The zero-order chi connectivity index (χ0) is 91.6. The third-order valence-electron chi connectivity index (χ3n) is 30.0. The molecule has 8 aromatic heterocycles. The van der Waals surface area contributed by atoms with Crippen molar-refractivity contribution in [1.29, 1.82) is 0 Å². The van der Waals surface area contributed by atoms with E-state index in [1.165, 1.54) is 136 Å². The first-order valence-corrected chi connectivity index (χ1v) is 48.1. The van der Waals surface area contributed by atoms with Crippen LogP contribution in [-0.2, 0) is 21.7 Å². The van der Waals surface area contributed by atoms with Crippen LogP contribution < -0.4 is 0 Å². The fourth-order valence-electron chi connectivity index (χ4n) is 23.7. The van der Waals surface area contributed by atoms with Crippen molar-refractivity contribution >= 4 is 119 Å². The minimum Gasteiger partial charge on any atom is -0.456 e. The second-order valence-electron chi connectivity index (χ2n) is 39.0. The maximum absolute atomic E-state index is 6.27. The van der Waals surface area contributed by atoms with Crippen molar-refractivity contribution in [1.82, 2.24) is 43.6 Å². The van der Waals surface area contributed by atoms with E-state index < -0.39 is 0 Å². The van der Waals surface area contributed by atoms with Crippen molar-refractivity contribution in [3.8, 4) is 119 Å². The Bertz CT molecular complexity index is 9020. The van der Waals surface area contributed by atoms with Crippen LogP contribution in [-0.4, -0.2) is 43.6 Å². The van der Waals surface area contributed by atoms with E-state index in [9.17, 15) is 0 Å². The molecule has 0 spiro atoms. The van der Waals surface area contributed by atoms with Crippen molar-refractivity contribution in [3.63, 3.8) is 0 Å². The van der Waals surface area contributed by atoms with Crippen molar-refractivity contribution in [2.24, 2.45) is 0 Å². The molecule has 0 unspecified atom stereocenters. The second-order valence-corrected chi connectivity index (χ2v) is 40.1. The molecule has 11 heteroatoms. The Kier molecular flexibility index (Phi) is 17.5. The number of fused-ring (bicyclic) bond motifs is 30. The highest BCUT2D eigenvalue weighted by atomic mass is 32.1. The lowest BCUT2D eigenvalue weighted by Crippen LogP contribution is -2.18. The molecule has 0 fully saturated rings. The van der Waals surface area contributed by atoms with Gasteiger partial charge in [-0.1, -0.05) is 341 Å². The first kappa shape index (κ1) is 80.1. The van der Waals surface area contributed by atoms with Gasteiger partial charge >= 0.3 is 0 Å². The third kappa shape index (κ3) is 11.8. The molecule has 137 heavy (non-hydrogen) atoms. The van der Waals surface area contributed by atoms with Gasteiger partial charge in [0, 0.05) is 157 Å². The summed E-state index contributed by atoms with van der Waals surface area (Å²) in [5, 5.41) is 12.5. The van der Waals surface area contributed by atoms with Gasteiger partial charge < -0.3 is 13.6 Å². The van der Waals surface area contributed by atoms with Crippen molar-refractivity contribution in [2.75, 3.05) is 0 Å². The molecule has 0 aliphatic heterocycles. The fourth-order valence-corrected chi connectivity index (χ4v) is 24.8. The highest BCUT2D eigenvalue weighted by Crippen LogP contribution is 2.58. The van der Waals surface area contributed by atoms with Crippen LogP contribution >= 0.6 is 11.3 Å². The van der Waals surface area contributed by atoms with Crippen LogP contribution in [0.25, 0.3) is 226 Å². The van der Waals surface area contributed by atoms with Crippen LogP contribution in [0.15, 0.2) is 399 Å². The molecule has 4 aliphatic carbocycles. The maximum atomic E-state index is 6.27. The molecule has 0 amide bonds. The van der Waals surface area contributed by atoms with Gasteiger partial charge in [0.05, 0.1) is 67.3 Å². The Labute approximate surface area is 795 Å². The van der Waals surface area contributed by atoms with E-state index in [1.807, 2.05) is 23.5 Å². The largest absolute Gasteiger partial charge is 0.456 e. The van der Waals surface area contributed by atoms with Crippen molar-refractivity contribution < 1.29 is 4.42 Å². The number of aromatic nitrogens is 9. The Morgan fingerprint density at radius 1 is 0.219 bits per heavy atom. The summed E-state index contributed by atoms with van der Waals surface area (Å²) in [5.41, 5.74) is 38.2. The molecule has 4 aliphatic rings. The predicted molar refractivity (Wildman–Crippen MR) is 567 cm³/mol. The molecule has 10 nitrogen and oxygen atoms in total. The average molecular weight is 1780 g/mol. The number of rotatable bonds is 8. The highest BCUT2D eigenvalue weighted by molar-refractivity contribution is 7.26. The van der Waals surface area contributed by atoms with E-state index in [0.29, 0.717) is 5.95 Å². The monoisotopic (exact) mass is 1780 g/mol. The van der Waals surface area contributed by atoms with Crippen LogP contribution in [0.1, 0.15) is 99.9 Å². The zero-order valence-corrected chi connectivity index (χ0v) is 77.7. The molecule has 0 bridgehead atoms. The fraction of sp³-hybridized carbons (Fsp3) is 0.0952. The third-order valence-corrected chi connectivity index (χ3v) is 31.1. The molecule has 650 valence electrons. The summed E-state index contributed by atoms with van der Waals surface area (Å²) in [4.78, 5) is 32.0. The Morgan fingerprint density at radius 2 is 0.577 bits per heavy atom. The average Bonchev–Trinajstić information content (AvgIpc) is 1.54. The molecule has 8 heterocycles. The van der Waals surface area contributed by atoms with E-state index in [-0.39, 0.29) is 21.7 Å². The Balaban J connectivity index is 0.000000104. The summed E-state index contributed by atoms with van der Waals surface area (Å²) >= 11 is 1.87. The molecular weight excluding hydrogens is 1690 g/mol. The molecule has 0 atom stereocenters. The number of nitrogens with zero attached hydrogens (tertiary/aromatic N) is 9. The van der Waals surface area contributed by atoms with Crippen LogP contribution in [0, 0.1) is 0 Å². The zero-order valence-electron chi connectivity index (χ0n) is 76.9. The topological polar surface area (TPSA) is 105 Å². The number of furan rings is 1. The van der Waals surface area contributed by atoms with E-state index in [4.69, 9.17) is 34.3 Å². The van der Waals surface area contributed by atoms with Crippen molar-refractivity contribution in [3.05, 3.63) is 439 Å². The maximum Gasteiger partial charge on any atom is 0.235 e. The van der Waals surface area contributed by atoms with Crippen LogP contribution in [0.3, 0.4) is 0 Å². The van der Waals surface area contributed by atoms with Gasteiger partial charge in [-0.15, -0.1) is 11.3 Å². The van der Waals surface area contributed by atoms with Gasteiger partial charge in [-0.3, -0.25) is 4.57 Å². The number of benzene rings is 17. The summed E-state index contributed by atoms with van der Waals surface area (Å²) in [5.74, 6) is 2.19. The van der Waals surface area contributed by atoms with Gasteiger partial charge in [-0.05, 0) is 148 Å². The number of hydrogen-bond acceptors (Lipinski definition) is 8. The van der Waals surface area contributed by atoms with Gasteiger partial charge in [-0.2, -0.15) is 0 Å². The van der Waals surface area contributed by atoms with Gasteiger partial charge in [0.15, 0.2) is 11.6 Å². The minimum atomic E-state index is -0.216. The molecule has 0 saturated heterocycles. The normalized spacial score (nSPS) is 14.1. The quantitative estimate of drug-likeness (QED) is 0.149.